The van der Waals surface area contributed by atoms with E-state index in [0.29, 0.717) is 10.9 Å². The second-order valence-corrected chi connectivity index (χ2v) is 2.65. The van der Waals surface area contributed by atoms with Gasteiger partial charge < -0.3 is 0 Å². The van der Waals surface area contributed by atoms with Crippen molar-refractivity contribution in [2.45, 2.75) is 0 Å². The van der Waals surface area contributed by atoms with E-state index in [1.807, 2.05) is 12.1 Å². The largest absolute Gasteiger partial charge is 0.270 e. The maximum absolute atomic E-state index is 5.72. The van der Waals surface area contributed by atoms with Gasteiger partial charge in [-0.2, -0.15) is 0 Å². The molecule has 1 rings (SSSR count). The van der Waals surface area contributed by atoms with Gasteiger partial charge in [-0.15, -0.1) is 0 Å². The third kappa shape index (κ3) is 1.92. The molecular weight excluding hydrogens is 172 g/mol. The number of nitrogens with zero attached hydrogens (tertiary/aromatic N) is 2. The molecule has 0 spiro atoms. The average molecular weight is 181 g/mol. The highest BCUT2D eigenvalue weighted by atomic mass is 35.5. The van der Waals surface area contributed by atoms with Crippen molar-refractivity contribution >= 4 is 24.2 Å². The van der Waals surface area contributed by atoms with Crippen LogP contribution in [0, 0.1) is 0 Å². The molecule has 0 aromatic heterocycles. The van der Waals surface area contributed by atoms with Gasteiger partial charge in [0.1, 0.15) is 0 Å². The van der Waals surface area contributed by atoms with Crippen molar-refractivity contribution in [1.82, 2.24) is 0 Å². The molecule has 62 valence electrons. The summed E-state index contributed by atoms with van der Waals surface area (Å²) in [7, 11) is 1.68. The zero-order valence-corrected chi connectivity index (χ0v) is 7.54. The van der Waals surface area contributed by atoms with Gasteiger partial charge in [-0.1, -0.05) is 11.6 Å². The number of hydrogen-bond acceptors (Lipinski definition) is 1. The molecule has 0 N–H and O–H groups in total. The van der Waals surface area contributed by atoms with Crippen LogP contribution in [-0.4, -0.2) is 19.6 Å². The Kier molecular flexibility index (Phi) is 3.00. The summed E-state index contributed by atoms with van der Waals surface area (Å²) < 4.78 is 0. The third-order valence-corrected chi connectivity index (χ3v) is 1.72. The molecule has 0 aliphatic heterocycles. The zero-order valence-electron chi connectivity index (χ0n) is 6.79. The van der Waals surface area contributed by atoms with E-state index < -0.39 is 0 Å². The van der Waals surface area contributed by atoms with Crippen molar-refractivity contribution in [2.75, 3.05) is 7.05 Å². The van der Waals surface area contributed by atoms with E-state index in [1.54, 1.807) is 19.2 Å². The van der Waals surface area contributed by atoms with Crippen molar-refractivity contribution in [1.29, 1.82) is 0 Å². The predicted molar refractivity (Wildman–Crippen MR) is 53.5 cm³/mol. The standard InChI is InChI=1S/C9H9ClN2/c1-11-9(12-2)7-3-5-8(10)6-4-7/h3-6H,1H2,2H3. The quantitative estimate of drug-likeness (QED) is 0.469. The minimum Gasteiger partial charge on any atom is -0.270 e. The molecule has 0 unspecified atom stereocenters. The minimum absolute atomic E-state index is 0.631. The van der Waals surface area contributed by atoms with Crippen LogP contribution in [0.1, 0.15) is 5.56 Å². The fraction of sp³-hybridized carbons (Fsp3) is 0.111. The summed E-state index contributed by atoms with van der Waals surface area (Å²) in [6.45, 7) is 3.42. The number of halogens is 1. The molecule has 0 aliphatic rings. The molecule has 0 saturated carbocycles. The summed E-state index contributed by atoms with van der Waals surface area (Å²) >= 11 is 5.72. The molecular formula is C9H9ClN2. The molecule has 0 heterocycles. The molecule has 1 aromatic carbocycles. The molecule has 1 aromatic rings. The first-order chi connectivity index (χ1) is 5.77. The molecule has 0 radical (unpaired) electrons. The zero-order chi connectivity index (χ0) is 8.97. The molecule has 0 aliphatic carbocycles. The lowest BCUT2D eigenvalue weighted by Crippen LogP contribution is -1.94. The number of hydrogen-bond donors (Lipinski definition) is 0. The highest BCUT2D eigenvalue weighted by Gasteiger charge is 1.97. The van der Waals surface area contributed by atoms with E-state index in [1.165, 1.54) is 0 Å². The Morgan fingerprint density at radius 3 is 2.33 bits per heavy atom. The second kappa shape index (κ2) is 4.02. The van der Waals surface area contributed by atoms with Crippen molar-refractivity contribution in [2.24, 2.45) is 9.98 Å². The Morgan fingerprint density at radius 2 is 1.92 bits per heavy atom. The third-order valence-electron chi connectivity index (χ3n) is 1.46. The van der Waals surface area contributed by atoms with Crippen LogP contribution in [0.25, 0.3) is 0 Å². The van der Waals surface area contributed by atoms with Crippen LogP contribution in [0.3, 0.4) is 0 Å². The van der Waals surface area contributed by atoms with E-state index in [0.717, 1.165) is 5.56 Å². The van der Waals surface area contributed by atoms with Crippen LogP contribution >= 0.6 is 11.6 Å². The maximum atomic E-state index is 5.72. The van der Waals surface area contributed by atoms with Crippen LogP contribution in [0.4, 0.5) is 0 Å². The van der Waals surface area contributed by atoms with Gasteiger partial charge in [0.15, 0.2) is 5.84 Å². The molecule has 0 atom stereocenters. The first-order valence-electron chi connectivity index (χ1n) is 3.47. The monoisotopic (exact) mass is 180 g/mol. The number of rotatable bonds is 1. The maximum Gasteiger partial charge on any atom is 0.153 e. The summed E-state index contributed by atoms with van der Waals surface area (Å²) in [5, 5.41) is 0.707. The van der Waals surface area contributed by atoms with Gasteiger partial charge in [-0.3, -0.25) is 4.99 Å². The van der Waals surface area contributed by atoms with Gasteiger partial charge in [0.2, 0.25) is 0 Å². The first-order valence-corrected chi connectivity index (χ1v) is 3.85. The van der Waals surface area contributed by atoms with Gasteiger partial charge in [0.25, 0.3) is 0 Å². The van der Waals surface area contributed by atoms with Crippen molar-refractivity contribution in [3.8, 4) is 0 Å². The predicted octanol–water partition coefficient (Wildman–Crippen LogP) is 2.42. The fourth-order valence-corrected chi connectivity index (χ4v) is 1.02. The van der Waals surface area contributed by atoms with E-state index >= 15 is 0 Å². The first kappa shape index (κ1) is 8.94. The molecule has 2 nitrogen and oxygen atoms in total. The van der Waals surface area contributed by atoms with Crippen molar-refractivity contribution in [3.63, 3.8) is 0 Å². The van der Waals surface area contributed by atoms with Gasteiger partial charge in [0.05, 0.1) is 0 Å². The smallest absolute Gasteiger partial charge is 0.153 e. The highest BCUT2D eigenvalue weighted by molar-refractivity contribution is 6.30. The summed E-state index contributed by atoms with van der Waals surface area (Å²) in [6.07, 6.45) is 0. The second-order valence-electron chi connectivity index (χ2n) is 2.21. The van der Waals surface area contributed by atoms with Crippen LogP contribution in [-0.2, 0) is 0 Å². The Hall–Kier alpha value is -1.15. The summed E-state index contributed by atoms with van der Waals surface area (Å²) in [5.41, 5.74) is 0.928. The van der Waals surface area contributed by atoms with E-state index in [4.69, 9.17) is 11.6 Å². The van der Waals surface area contributed by atoms with Crippen LogP contribution in [0.2, 0.25) is 5.02 Å². The molecule has 0 amide bonds. The SMILES string of the molecule is C=NC(=NC)c1ccc(Cl)cc1. The topological polar surface area (TPSA) is 24.7 Å². The van der Waals surface area contributed by atoms with E-state index in [2.05, 4.69) is 16.7 Å². The van der Waals surface area contributed by atoms with Gasteiger partial charge in [-0.05, 0) is 31.0 Å². The van der Waals surface area contributed by atoms with Gasteiger partial charge in [0, 0.05) is 17.6 Å². The van der Waals surface area contributed by atoms with E-state index in [9.17, 15) is 0 Å². The van der Waals surface area contributed by atoms with E-state index in [-0.39, 0.29) is 0 Å². The molecule has 3 heteroatoms. The fourth-order valence-electron chi connectivity index (χ4n) is 0.890. The number of benzene rings is 1. The van der Waals surface area contributed by atoms with Crippen molar-refractivity contribution < 1.29 is 0 Å². The summed E-state index contributed by atoms with van der Waals surface area (Å²) in [4.78, 5) is 7.71. The Labute approximate surface area is 76.6 Å². The molecule has 0 bridgehead atoms. The number of aliphatic imine (C=N–C) groups is 2. The van der Waals surface area contributed by atoms with Crippen LogP contribution < -0.4 is 0 Å². The number of amidine groups is 1. The average Bonchev–Trinajstić information content (AvgIpc) is 2.10. The van der Waals surface area contributed by atoms with Crippen LogP contribution in [0.15, 0.2) is 34.3 Å². The normalized spacial score (nSPS) is 11.3. The lowest BCUT2D eigenvalue weighted by Gasteiger charge is -1.98. The Balaban J connectivity index is 3.04. The summed E-state index contributed by atoms with van der Waals surface area (Å²) in [6, 6.07) is 7.32. The molecule has 0 saturated heterocycles. The van der Waals surface area contributed by atoms with Gasteiger partial charge in [-0.25, -0.2) is 4.99 Å². The Bertz CT molecular complexity index is 301. The summed E-state index contributed by atoms with van der Waals surface area (Å²) in [5.74, 6) is 0.631. The Morgan fingerprint density at radius 1 is 1.33 bits per heavy atom. The van der Waals surface area contributed by atoms with Crippen molar-refractivity contribution in [3.05, 3.63) is 34.9 Å². The minimum atomic E-state index is 0.631. The van der Waals surface area contributed by atoms with Gasteiger partial charge >= 0.3 is 0 Å². The highest BCUT2D eigenvalue weighted by Crippen LogP contribution is 2.10. The lowest BCUT2D eigenvalue weighted by atomic mass is 10.2. The lowest BCUT2D eigenvalue weighted by molar-refractivity contribution is 1.39. The molecule has 12 heavy (non-hydrogen) atoms. The van der Waals surface area contributed by atoms with Crippen LogP contribution in [0.5, 0.6) is 0 Å². The molecule has 0 fully saturated rings.